The molecule has 0 aromatic heterocycles. The van der Waals surface area contributed by atoms with Gasteiger partial charge in [-0.3, -0.25) is 4.90 Å². The van der Waals surface area contributed by atoms with Gasteiger partial charge in [0.15, 0.2) is 0 Å². The van der Waals surface area contributed by atoms with Crippen LogP contribution in [0.2, 0.25) is 0 Å². The van der Waals surface area contributed by atoms with Crippen molar-refractivity contribution < 1.29 is 4.79 Å². The maximum Gasteiger partial charge on any atom is 0.133 e. The summed E-state index contributed by atoms with van der Waals surface area (Å²) in [7, 11) is 0. The van der Waals surface area contributed by atoms with Gasteiger partial charge in [-0.15, -0.1) is 0 Å². The van der Waals surface area contributed by atoms with Crippen molar-refractivity contribution in [3.63, 3.8) is 0 Å². The molecule has 0 aliphatic carbocycles. The molecule has 1 rings (SSSR count). The normalized spacial score (nSPS) is 21.9. The molecule has 0 bridgehead atoms. The number of hydrogen-bond donors (Lipinski definition) is 1. The second-order valence-electron chi connectivity index (χ2n) is 3.15. The van der Waals surface area contributed by atoms with E-state index in [4.69, 9.17) is 5.73 Å². The first-order chi connectivity index (χ1) is 5.36. The fourth-order valence-corrected chi connectivity index (χ4v) is 1.51. The second kappa shape index (κ2) is 4.46. The molecule has 0 radical (unpaired) electrons. The van der Waals surface area contributed by atoms with Gasteiger partial charge in [-0.05, 0) is 38.4 Å². The summed E-state index contributed by atoms with van der Waals surface area (Å²) in [6.07, 6.45) is 3.29. The van der Waals surface area contributed by atoms with Gasteiger partial charge < -0.3 is 10.5 Å². The zero-order chi connectivity index (χ0) is 8.10. The molecule has 1 saturated heterocycles. The highest BCUT2D eigenvalue weighted by Gasteiger charge is 2.16. The van der Waals surface area contributed by atoms with Crippen LogP contribution in [0.4, 0.5) is 0 Å². The minimum Gasteiger partial charge on any atom is -0.330 e. The van der Waals surface area contributed by atoms with Crippen molar-refractivity contribution in [1.29, 1.82) is 0 Å². The van der Waals surface area contributed by atoms with E-state index in [2.05, 4.69) is 4.90 Å². The summed E-state index contributed by atoms with van der Waals surface area (Å²) in [6, 6.07) is 0. The Morgan fingerprint density at radius 2 is 2.09 bits per heavy atom. The van der Waals surface area contributed by atoms with Crippen LogP contribution in [-0.2, 0) is 4.79 Å². The highest BCUT2D eigenvalue weighted by atomic mass is 16.1. The van der Waals surface area contributed by atoms with Gasteiger partial charge in [0.1, 0.15) is 6.29 Å². The van der Waals surface area contributed by atoms with Crippen molar-refractivity contribution in [2.45, 2.75) is 12.8 Å². The standard InChI is InChI=1S/C8H16N2O/c9-7-8-1-3-10(4-2-8)5-6-11/h6,8H,1-5,7,9H2. The van der Waals surface area contributed by atoms with Gasteiger partial charge in [0, 0.05) is 0 Å². The smallest absolute Gasteiger partial charge is 0.133 e. The molecule has 0 aromatic rings. The van der Waals surface area contributed by atoms with Gasteiger partial charge in [0.05, 0.1) is 6.54 Å². The van der Waals surface area contributed by atoms with Crippen molar-refractivity contribution in [2.75, 3.05) is 26.2 Å². The average Bonchev–Trinajstić information content (AvgIpc) is 2.07. The van der Waals surface area contributed by atoms with Crippen molar-refractivity contribution in [3.8, 4) is 0 Å². The highest BCUT2D eigenvalue weighted by Crippen LogP contribution is 2.14. The maximum atomic E-state index is 10.2. The monoisotopic (exact) mass is 156 g/mol. The van der Waals surface area contributed by atoms with Gasteiger partial charge in [0.25, 0.3) is 0 Å². The van der Waals surface area contributed by atoms with Crippen LogP contribution in [0.1, 0.15) is 12.8 Å². The Hall–Kier alpha value is -0.410. The minimum atomic E-state index is 0.595. The number of nitrogens with zero attached hydrogens (tertiary/aromatic N) is 1. The van der Waals surface area contributed by atoms with Crippen molar-refractivity contribution in [3.05, 3.63) is 0 Å². The summed E-state index contributed by atoms with van der Waals surface area (Å²) in [5.74, 6) is 0.693. The number of rotatable bonds is 3. The maximum absolute atomic E-state index is 10.2. The Labute approximate surface area is 67.5 Å². The summed E-state index contributed by atoms with van der Waals surface area (Å²) in [6.45, 7) is 3.48. The Kier molecular flexibility index (Phi) is 3.52. The lowest BCUT2D eigenvalue weighted by Gasteiger charge is -2.29. The van der Waals surface area contributed by atoms with Crippen LogP contribution in [0.5, 0.6) is 0 Å². The minimum absolute atomic E-state index is 0.595. The Morgan fingerprint density at radius 3 is 2.55 bits per heavy atom. The van der Waals surface area contributed by atoms with E-state index in [9.17, 15) is 4.79 Å². The molecule has 3 heteroatoms. The molecule has 0 atom stereocenters. The molecule has 1 aliphatic heterocycles. The van der Waals surface area contributed by atoms with Gasteiger partial charge in [0.2, 0.25) is 0 Å². The number of nitrogens with two attached hydrogens (primary N) is 1. The van der Waals surface area contributed by atoms with E-state index in [1.54, 1.807) is 0 Å². The molecule has 3 nitrogen and oxygen atoms in total. The Bertz CT molecular complexity index is 119. The molecule has 2 N–H and O–H groups in total. The highest BCUT2D eigenvalue weighted by molar-refractivity contribution is 5.51. The molecular formula is C8H16N2O. The lowest BCUT2D eigenvalue weighted by Crippen LogP contribution is -2.36. The van der Waals surface area contributed by atoms with Crippen LogP contribution in [0, 0.1) is 5.92 Å². The third-order valence-electron chi connectivity index (χ3n) is 2.37. The first kappa shape index (κ1) is 8.68. The molecule has 0 spiro atoms. The van der Waals surface area contributed by atoms with Crippen LogP contribution >= 0.6 is 0 Å². The van der Waals surface area contributed by atoms with Crippen LogP contribution < -0.4 is 5.73 Å². The van der Waals surface area contributed by atoms with E-state index >= 15 is 0 Å². The predicted octanol–water partition coefficient (Wildman–Crippen LogP) is -0.144. The number of likely N-dealkylation sites (tertiary alicyclic amines) is 1. The number of carbonyl (C=O) groups excluding carboxylic acids is 1. The molecule has 0 saturated carbocycles. The Balaban J connectivity index is 2.18. The largest absolute Gasteiger partial charge is 0.330 e. The summed E-state index contributed by atoms with van der Waals surface area (Å²) in [4.78, 5) is 12.3. The summed E-state index contributed by atoms with van der Waals surface area (Å²) >= 11 is 0. The molecule has 1 heterocycles. The lowest BCUT2D eigenvalue weighted by atomic mass is 9.97. The second-order valence-corrected chi connectivity index (χ2v) is 3.15. The SMILES string of the molecule is NCC1CCN(CC=O)CC1. The van der Waals surface area contributed by atoms with Gasteiger partial charge >= 0.3 is 0 Å². The summed E-state index contributed by atoms with van der Waals surface area (Å²) in [5.41, 5.74) is 5.53. The van der Waals surface area contributed by atoms with Crippen LogP contribution in [0.15, 0.2) is 0 Å². The molecule has 64 valence electrons. The number of hydrogen-bond acceptors (Lipinski definition) is 3. The van der Waals surface area contributed by atoms with Gasteiger partial charge in [-0.25, -0.2) is 0 Å². The molecule has 0 unspecified atom stereocenters. The number of piperidine rings is 1. The zero-order valence-electron chi connectivity index (χ0n) is 6.83. The third-order valence-corrected chi connectivity index (χ3v) is 2.37. The predicted molar refractivity (Wildman–Crippen MR) is 44.3 cm³/mol. The van der Waals surface area contributed by atoms with E-state index < -0.39 is 0 Å². The molecule has 0 aromatic carbocycles. The van der Waals surface area contributed by atoms with E-state index in [0.29, 0.717) is 12.5 Å². The Morgan fingerprint density at radius 1 is 1.45 bits per heavy atom. The van der Waals surface area contributed by atoms with Crippen molar-refractivity contribution in [2.24, 2.45) is 11.7 Å². The van der Waals surface area contributed by atoms with Crippen LogP contribution in [0.25, 0.3) is 0 Å². The molecule has 11 heavy (non-hydrogen) atoms. The van der Waals surface area contributed by atoms with E-state index in [1.165, 1.54) is 0 Å². The van der Waals surface area contributed by atoms with E-state index in [0.717, 1.165) is 38.8 Å². The van der Waals surface area contributed by atoms with Gasteiger partial charge in [-0.1, -0.05) is 0 Å². The first-order valence-corrected chi connectivity index (χ1v) is 4.23. The van der Waals surface area contributed by atoms with E-state index in [1.807, 2.05) is 0 Å². The fraction of sp³-hybridized carbons (Fsp3) is 0.875. The number of aldehydes is 1. The van der Waals surface area contributed by atoms with Crippen molar-refractivity contribution >= 4 is 6.29 Å². The molecule has 1 aliphatic rings. The molecule has 1 fully saturated rings. The number of carbonyl (C=O) groups is 1. The summed E-state index contributed by atoms with van der Waals surface area (Å²) < 4.78 is 0. The molecular weight excluding hydrogens is 140 g/mol. The fourth-order valence-electron chi connectivity index (χ4n) is 1.51. The summed E-state index contributed by atoms with van der Waals surface area (Å²) in [5, 5.41) is 0. The van der Waals surface area contributed by atoms with Crippen LogP contribution in [0.3, 0.4) is 0 Å². The van der Waals surface area contributed by atoms with E-state index in [-0.39, 0.29) is 0 Å². The first-order valence-electron chi connectivity index (χ1n) is 4.23. The molecule has 0 amide bonds. The third kappa shape index (κ3) is 2.60. The van der Waals surface area contributed by atoms with Crippen molar-refractivity contribution in [1.82, 2.24) is 4.90 Å². The van der Waals surface area contributed by atoms with Gasteiger partial charge in [-0.2, -0.15) is 0 Å². The average molecular weight is 156 g/mol. The topological polar surface area (TPSA) is 46.3 Å². The zero-order valence-corrected chi connectivity index (χ0v) is 6.83. The quantitative estimate of drug-likeness (QED) is 0.578. The lowest BCUT2D eigenvalue weighted by molar-refractivity contribution is -0.109. The van der Waals surface area contributed by atoms with Crippen LogP contribution in [-0.4, -0.2) is 37.4 Å².